The second-order valence-corrected chi connectivity index (χ2v) is 5.11. The molecule has 0 amide bonds. The van der Waals surface area contributed by atoms with Gasteiger partial charge in [-0.15, -0.1) is 0 Å². The molecule has 0 aliphatic carbocycles. The normalized spacial score (nSPS) is 11.8. The fraction of sp³-hybridized carbons (Fsp3) is 0.625. The molecule has 0 heterocycles. The van der Waals surface area contributed by atoms with Gasteiger partial charge in [-0.3, -0.25) is 0 Å². The second-order valence-electron chi connectivity index (χ2n) is 5.11. The number of hydrogen-bond donors (Lipinski definition) is 0. The van der Waals surface area contributed by atoms with Crippen LogP contribution in [0, 0.1) is 6.92 Å². The Labute approximate surface area is 107 Å². The van der Waals surface area contributed by atoms with Crippen LogP contribution in [0.5, 0.6) is 0 Å². The molecule has 0 atom stereocenters. The zero-order valence-electron chi connectivity index (χ0n) is 12.0. The SMILES string of the molecule is CC[N+](CC)(CC)CCCc1cccc(C)c1. The Bertz CT molecular complexity index is 318. The van der Waals surface area contributed by atoms with Gasteiger partial charge in [0.25, 0.3) is 0 Å². The van der Waals surface area contributed by atoms with E-state index in [2.05, 4.69) is 52.0 Å². The first-order valence-corrected chi connectivity index (χ1v) is 7.06. The van der Waals surface area contributed by atoms with Crippen LogP contribution in [0.25, 0.3) is 0 Å². The molecule has 0 saturated heterocycles. The van der Waals surface area contributed by atoms with Crippen molar-refractivity contribution in [2.24, 2.45) is 0 Å². The molecule has 1 rings (SSSR count). The Morgan fingerprint density at radius 1 is 1.00 bits per heavy atom. The summed E-state index contributed by atoms with van der Waals surface area (Å²) in [7, 11) is 0. The highest BCUT2D eigenvalue weighted by atomic mass is 15.3. The van der Waals surface area contributed by atoms with Crippen molar-refractivity contribution >= 4 is 0 Å². The molecule has 17 heavy (non-hydrogen) atoms. The third-order valence-electron chi connectivity index (χ3n) is 4.19. The van der Waals surface area contributed by atoms with Gasteiger partial charge in [0.05, 0.1) is 26.2 Å². The van der Waals surface area contributed by atoms with Gasteiger partial charge >= 0.3 is 0 Å². The first-order chi connectivity index (χ1) is 8.15. The number of benzene rings is 1. The van der Waals surface area contributed by atoms with Crippen molar-refractivity contribution in [2.75, 3.05) is 26.2 Å². The van der Waals surface area contributed by atoms with Gasteiger partial charge < -0.3 is 4.48 Å². The second kappa shape index (κ2) is 6.80. The minimum Gasteiger partial charge on any atom is -0.324 e. The van der Waals surface area contributed by atoms with Gasteiger partial charge in [0.1, 0.15) is 0 Å². The van der Waals surface area contributed by atoms with Crippen LogP contribution in [0.1, 0.15) is 38.3 Å². The molecule has 0 aliphatic rings. The summed E-state index contributed by atoms with van der Waals surface area (Å²) in [6.07, 6.45) is 2.53. The monoisotopic (exact) mass is 234 g/mol. The Morgan fingerprint density at radius 3 is 2.18 bits per heavy atom. The minimum absolute atomic E-state index is 1.22. The maximum absolute atomic E-state index is 2.32. The summed E-state index contributed by atoms with van der Waals surface area (Å²) in [5.74, 6) is 0. The number of aryl methyl sites for hydroxylation is 2. The highest BCUT2D eigenvalue weighted by Crippen LogP contribution is 2.11. The quantitative estimate of drug-likeness (QED) is 0.629. The molecule has 0 saturated carbocycles. The van der Waals surface area contributed by atoms with Crippen LogP contribution in [0.15, 0.2) is 24.3 Å². The Morgan fingerprint density at radius 2 is 1.65 bits per heavy atom. The molecule has 0 radical (unpaired) electrons. The van der Waals surface area contributed by atoms with Gasteiger partial charge in [-0.2, -0.15) is 0 Å². The van der Waals surface area contributed by atoms with Crippen LogP contribution in [-0.2, 0) is 6.42 Å². The zero-order valence-corrected chi connectivity index (χ0v) is 12.0. The Hall–Kier alpha value is -0.820. The van der Waals surface area contributed by atoms with E-state index in [1.54, 1.807) is 0 Å². The highest BCUT2D eigenvalue weighted by Gasteiger charge is 2.19. The van der Waals surface area contributed by atoms with Crippen molar-refractivity contribution < 1.29 is 4.48 Å². The van der Waals surface area contributed by atoms with E-state index in [4.69, 9.17) is 0 Å². The van der Waals surface area contributed by atoms with Gasteiger partial charge in [-0.25, -0.2) is 0 Å². The lowest BCUT2D eigenvalue weighted by Gasteiger charge is -2.35. The van der Waals surface area contributed by atoms with Crippen LogP contribution in [0.4, 0.5) is 0 Å². The molecule has 0 N–H and O–H groups in total. The van der Waals surface area contributed by atoms with E-state index in [9.17, 15) is 0 Å². The lowest BCUT2D eigenvalue weighted by molar-refractivity contribution is -0.923. The summed E-state index contributed by atoms with van der Waals surface area (Å²) in [5, 5.41) is 0. The Kier molecular flexibility index (Phi) is 5.70. The first-order valence-electron chi connectivity index (χ1n) is 7.06. The molecule has 1 nitrogen and oxygen atoms in total. The van der Waals surface area contributed by atoms with Crippen LogP contribution in [-0.4, -0.2) is 30.7 Å². The summed E-state index contributed by atoms with van der Waals surface area (Å²) in [6.45, 7) is 14.2. The van der Waals surface area contributed by atoms with E-state index < -0.39 is 0 Å². The van der Waals surface area contributed by atoms with E-state index in [1.807, 2.05) is 0 Å². The maximum Gasteiger partial charge on any atom is 0.0789 e. The van der Waals surface area contributed by atoms with E-state index in [0.29, 0.717) is 0 Å². The van der Waals surface area contributed by atoms with Gasteiger partial charge in [0.2, 0.25) is 0 Å². The molecule has 1 heteroatoms. The maximum atomic E-state index is 2.32. The Balaban J connectivity index is 2.46. The number of quaternary nitrogens is 1. The fourth-order valence-corrected chi connectivity index (χ4v) is 2.63. The van der Waals surface area contributed by atoms with Crippen LogP contribution < -0.4 is 0 Å². The third-order valence-corrected chi connectivity index (χ3v) is 4.19. The van der Waals surface area contributed by atoms with Crippen molar-refractivity contribution in [3.8, 4) is 0 Å². The van der Waals surface area contributed by atoms with Gasteiger partial charge in [-0.05, 0) is 39.7 Å². The summed E-state index contributed by atoms with van der Waals surface area (Å²) in [6, 6.07) is 8.92. The third kappa shape index (κ3) is 4.16. The molecule has 0 spiro atoms. The lowest BCUT2D eigenvalue weighted by atomic mass is 10.1. The number of hydrogen-bond acceptors (Lipinski definition) is 0. The van der Waals surface area contributed by atoms with E-state index in [-0.39, 0.29) is 0 Å². The number of nitrogens with zero attached hydrogens (tertiary/aromatic N) is 1. The van der Waals surface area contributed by atoms with Gasteiger partial charge in [-0.1, -0.05) is 29.8 Å². The van der Waals surface area contributed by atoms with Crippen LogP contribution >= 0.6 is 0 Å². The van der Waals surface area contributed by atoms with Crippen molar-refractivity contribution in [1.29, 1.82) is 0 Å². The molecule has 0 bridgehead atoms. The average Bonchev–Trinajstić information content (AvgIpc) is 2.35. The molecule has 0 unspecified atom stereocenters. The van der Waals surface area contributed by atoms with Crippen molar-refractivity contribution in [3.05, 3.63) is 35.4 Å². The van der Waals surface area contributed by atoms with Crippen molar-refractivity contribution in [1.82, 2.24) is 0 Å². The molecule has 1 aromatic carbocycles. The molecule has 96 valence electrons. The summed E-state index contributed by atoms with van der Waals surface area (Å²) < 4.78 is 1.27. The van der Waals surface area contributed by atoms with E-state index in [0.717, 1.165) is 0 Å². The van der Waals surface area contributed by atoms with Crippen LogP contribution in [0.2, 0.25) is 0 Å². The number of rotatable bonds is 7. The zero-order chi connectivity index (χ0) is 12.7. The molecular weight excluding hydrogens is 206 g/mol. The van der Waals surface area contributed by atoms with E-state index >= 15 is 0 Å². The highest BCUT2D eigenvalue weighted by molar-refractivity contribution is 5.22. The predicted octanol–water partition coefficient (Wildman–Crippen LogP) is 3.80. The minimum atomic E-state index is 1.22. The van der Waals surface area contributed by atoms with E-state index in [1.165, 1.54) is 54.6 Å². The summed E-state index contributed by atoms with van der Waals surface area (Å²) in [5.41, 5.74) is 2.87. The van der Waals surface area contributed by atoms with Crippen molar-refractivity contribution in [2.45, 2.75) is 40.5 Å². The van der Waals surface area contributed by atoms with Gasteiger partial charge in [0, 0.05) is 6.42 Å². The topological polar surface area (TPSA) is 0 Å². The molecule has 0 aliphatic heterocycles. The average molecular weight is 234 g/mol. The van der Waals surface area contributed by atoms with Gasteiger partial charge in [0.15, 0.2) is 0 Å². The van der Waals surface area contributed by atoms with Crippen molar-refractivity contribution in [3.63, 3.8) is 0 Å². The fourth-order valence-electron chi connectivity index (χ4n) is 2.63. The largest absolute Gasteiger partial charge is 0.324 e. The lowest BCUT2D eigenvalue weighted by Crippen LogP contribution is -2.48. The standard InChI is InChI=1S/C16H28N/c1-5-17(6-2,7-3)13-9-12-16-11-8-10-15(4)14-16/h8,10-11,14H,5-7,9,12-13H2,1-4H3/q+1. The summed E-state index contributed by atoms with van der Waals surface area (Å²) >= 11 is 0. The molecule has 0 aromatic heterocycles. The molecular formula is C16H28N+. The first kappa shape index (κ1) is 14.2. The van der Waals surface area contributed by atoms with Crippen LogP contribution in [0.3, 0.4) is 0 Å². The smallest absolute Gasteiger partial charge is 0.0789 e. The summed E-state index contributed by atoms with van der Waals surface area (Å²) in [4.78, 5) is 0. The molecule has 1 aromatic rings. The molecule has 0 fully saturated rings. The predicted molar refractivity (Wildman–Crippen MR) is 76.3 cm³/mol.